The fourth-order valence-electron chi connectivity index (χ4n) is 9.48. The summed E-state index contributed by atoms with van der Waals surface area (Å²) < 4.78 is 12.5. The first-order chi connectivity index (χ1) is 16.7. The predicted molar refractivity (Wildman–Crippen MR) is 136 cm³/mol. The molecule has 0 spiro atoms. The Hall–Kier alpha value is -1.24. The molecule has 0 unspecified atom stereocenters. The number of rotatable bonds is 3. The summed E-state index contributed by atoms with van der Waals surface area (Å²) >= 11 is 0. The molecule has 6 nitrogen and oxygen atoms in total. The fourth-order valence-corrected chi connectivity index (χ4v) is 9.48. The normalized spacial score (nSPS) is 50.5. The third-order valence-electron chi connectivity index (χ3n) is 11.8. The number of fused-ring (bicyclic) bond motifs is 5. The third-order valence-corrected chi connectivity index (χ3v) is 11.8. The van der Waals surface area contributed by atoms with Gasteiger partial charge in [0, 0.05) is 30.1 Å². The number of carbonyl (C=O) groups is 2. The summed E-state index contributed by atoms with van der Waals surface area (Å²) in [4.78, 5) is 26.9. The van der Waals surface area contributed by atoms with E-state index in [1.54, 1.807) is 0 Å². The molecule has 5 aliphatic rings. The van der Waals surface area contributed by atoms with E-state index in [1.165, 1.54) is 6.92 Å². The van der Waals surface area contributed by atoms with Crippen LogP contribution < -0.4 is 0 Å². The van der Waals surface area contributed by atoms with Gasteiger partial charge in [-0.05, 0) is 75.5 Å². The summed E-state index contributed by atoms with van der Waals surface area (Å²) in [6.07, 6.45) is 4.65. The van der Waals surface area contributed by atoms with Gasteiger partial charge in [0.1, 0.15) is 0 Å². The molecule has 5 rings (SSSR count). The van der Waals surface area contributed by atoms with Crippen LogP contribution in [0, 0.1) is 46.3 Å². The monoisotopic (exact) mass is 502 g/mol. The number of hydrogen-bond donors (Lipinski definition) is 2. The van der Waals surface area contributed by atoms with Crippen LogP contribution in [0.15, 0.2) is 11.6 Å². The molecule has 0 aromatic heterocycles. The van der Waals surface area contributed by atoms with Gasteiger partial charge in [-0.15, -0.1) is 0 Å². The Morgan fingerprint density at radius 1 is 1.17 bits per heavy atom. The quantitative estimate of drug-likeness (QED) is 0.437. The van der Waals surface area contributed by atoms with Crippen LogP contribution in [0.5, 0.6) is 0 Å². The highest BCUT2D eigenvalue weighted by Gasteiger charge is 2.69. The van der Waals surface area contributed by atoms with E-state index in [4.69, 9.17) is 9.47 Å². The molecule has 6 heteroatoms. The SMILES string of the molecule is CC(=O)O[C@@H]1C(=O)[C@H]2[C@@H](CC=C3C[C@@H](O)C[C@@H](O)[C@@]32C)[C@@H]2CC[C@H]([C@H](C)[C@@H]3C[C@H](C)C(C)(C)O3)[C@@]12C. The van der Waals surface area contributed by atoms with Crippen molar-refractivity contribution in [2.24, 2.45) is 46.3 Å². The van der Waals surface area contributed by atoms with Crippen LogP contribution in [0.2, 0.25) is 0 Å². The maximum atomic E-state index is 14.5. The Morgan fingerprint density at radius 3 is 2.47 bits per heavy atom. The van der Waals surface area contributed by atoms with Gasteiger partial charge in [0.15, 0.2) is 11.9 Å². The zero-order chi connectivity index (χ0) is 26.4. The summed E-state index contributed by atoms with van der Waals surface area (Å²) in [5, 5.41) is 21.6. The van der Waals surface area contributed by atoms with E-state index >= 15 is 0 Å². The van der Waals surface area contributed by atoms with Crippen LogP contribution in [-0.2, 0) is 19.1 Å². The Morgan fingerprint density at radius 2 is 1.86 bits per heavy atom. The lowest BCUT2D eigenvalue weighted by atomic mass is 9.45. The van der Waals surface area contributed by atoms with Gasteiger partial charge >= 0.3 is 5.97 Å². The highest BCUT2D eigenvalue weighted by Crippen LogP contribution is 2.67. The number of aliphatic hydroxyl groups excluding tert-OH is 2. The molecule has 2 N–H and O–H groups in total. The van der Waals surface area contributed by atoms with Gasteiger partial charge in [0.25, 0.3) is 0 Å². The van der Waals surface area contributed by atoms with Gasteiger partial charge in [0.05, 0.1) is 23.9 Å². The molecule has 202 valence electrons. The lowest BCUT2D eigenvalue weighted by Gasteiger charge is -2.60. The van der Waals surface area contributed by atoms with Crippen molar-refractivity contribution < 1.29 is 29.3 Å². The number of ether oxygens (including phenoxy) is 2. The molecule has 12 atom stereocenters. The van der Waals surface area contributed by atoms with E-state index in [0.717, 1.165) is 31.3 Å². The number of Topliss-reactive ketones (excluding diaryl/α,β-unsaturated/α-hetero) is 1. The van der Waals surface area contributed by atoms with Gasteiger partial charge in [0.2, 0.25) is 0 Å². The predicted octanol–water partition coefficient (Wildman–Crippen LogP) is 4.46. The van der Waals surface area contributed by atoms with E-state index in [1.807, 2.05) is 6.92 Å². The average molecular weight is 503 g/mol. The molecule has 0 aromatic rings. The van der Waals surface area contributed by atoms with Gasteiger partial charge < -0.3 is 19.7 Å². The van der Waals surface area contributed by atoms with Crippen molar-refractivity contribution >= 4 is 11.8 Å². The highest BCUT2D eigenvalue weighted by atomic mass is 16.5. The average Bonchev–Trinajstić information content (AvgIpc) is 3.27. The fraction of sp³-hybridized carbons (Fsp3) is 0.867. The Balaban J connectivity index is 1.54. The van der Waals surface area contributed by atoms with Crippen molar-refractivity contribution in [3.05, 3.63) is 11.6 Å². The number of carbonyl (C=O) groups excluding carboxylic acids is 2. The second-order valence-electron chi connectivity index (χ2n) is 13.8. The molecular formula is C30H46O6. The Bertz CT molecular complexity index is 955. The molecule has 0 radical (unpaired) electrons. The maximum Gasteiger partial charge on any atom is 0.303 e. The van der Waals surface area contributed by atoms with E-state index < -0.39 is 41.0 Å². The molecule has 36 heavy (non-hydrogen) atoms. The minimum atomic E-state index is -0.821. The van der Waals surface area contributed by atoms with Crippen LogP contribution in [0.3, 0.4) is 0 Å². The first-order valence-electron chi connectivity index (χ1n) is 14.2. The molecule has 1 aliphatic heterocycles. The second-order valence-corrected chi connectivity index (χ2v) is 13.8. The summed E-state index contributed by atoms with van der Waals surface area (Å²) in [7, 11) is 0. The van der Waals surface area contributed by atoms with Crippen LogP contribution in [0.25, 0.3) is 0 Å². The number of ketones is 1. The van der Waals surface area contributed by atoms with Gasteiger partial charge in [-0.1, -0.05) is 39.3 Å². The summed E-state index contributed by atoms with van der Waals surface area (Å²) in [5.41, 5.74) is -0.367. The lowest BCUT2D eigenvalue weighted by molar-refractivity contribution is -0.193. The smallest absolute Gasteiger partial charge is 0.303 e. The van der Waals surface area contributed by atoms with Gasteiger partial charge in [-0.2, -0.15) is 0 Å². The highest BCUT2D eigenvalue weighted by molar-refractivity contribution is 5.91. The van der Waals surface area contributed by atoms with E-state index in [0.29, 0.717) is 12.3 Å². The Labute approximate surface area is 216 Å². The topological polar surface area (TPSA) is 93.1 Å². The zero-order valence-electron chi connectivity index (χ0n) is 23.1. The summed E-state index contributed by atoms with van der Waals surface area (Å²) in [6.45, 7) is 14.4. The van der Waals surface area contributed by atoms with Crippen molar-refractivity contribution in [3.8, 4) is 0 Å². The molecule has 4 aliphatic carbocycles. The van der Waals surface area contributed by atoms with Crippen molar-refractivity contribution in [1.29, 1.82) is 0 Å². The number of aliphatic hydroxyl groups is 2. The minimum absolute atomic E-state index is 0.0300. The largest absolute Gasteiger partial charge is 0.454 e. The minimum Gasteiger partial charge on any atom is -0.454 e. The maximum absolute atomic E-state index is 14.5. The van der Waals surface area contributed by atoms with E-state index in [9.17, 15) is 19.8 Å². The van der Waals surface area contributed by atoms with Crippen molar-refractivity contribution in [1.82, 2.24) is 0 Å². The lowest BCUT2D eigenvalue weighted by Crippen LogP contribution is -2.65. The van der Waals surface area contributed by atoms with E-state index in [2.05, 4.69) is 40.7 Å². The Kier molecular flexibility index (Phi) is 6.33. The van der Waals surface area contributed by atoms with Gasteiger partial charge in [-0.3, -0.25) is 9.59 Å². The molecular weight excluding hydrogens is 456 g/mol. The molecule has 0 bridgehead atoms. The number of hydrogen-bond acceptors (Lipinski definition) is 6. The molecule has 1 heterocycles. The van der Waals surface area contributed by atoms with Crippen molar-refractivity contribution in [2.75, 3.05) is 0 Å². The van der Waals surface area contributed by atoms with Crippen LogP contribution in [0.1, 0.15) is 87.0 Å². The second kappa shape index (κ2) is 8.64. The van der Waals surface area contributed by atoms with E-state index in [-0.39, 0.29) is 47.6 Å². The van der Waals surface area contributed by atoms with Crippen LogP contribution in [-0.4, -0.2) is 52.0 Å². The molecule has 4 fully saturated rings. The molecule has 1 saturated heterocycles. The molecule has 3 saturated carbocycles. The summed E-state index contributed by atoms with van der Waals surface area (Å²) in [6, 6.07) is 0. The number of esters is 1. The first-order valence-corrected chi connectivity index (χ1v) is 14.2. The third kappa shape index (κ3) is 3.60. The van der Waals surface area contributed by atoms with Crippen LogP contribution in [0.4, 0.5) is 0 Å². The van der Waals surface area contributed by atoms with Gasteiger partial charge in [-0.25, -0.2) is 0 Å². The summed E-state index contributed by atoms with van der Waals surface area (Å²) in [5.74, 6) is 0.375. The number of allylic oxidation sites excluding steroid dienone is 1. The van der Waals surface area contributed by atoms with Crippen molar-refractivity contribution in [3.63, 3.8) is 0 Å². The van der Waals surface area contributed by atoms with Crippen LogP contribution >= 0.6 is 0 Å². The molecule has 0 amide bonds. The first kappa shape index (κ1) is 26.4. The standard InChI is InChI=1S/C30H46O6/c1-15-12-23(36-28(15,4)5)16(2)21-10-11-22-20-9-8-18-13-19(32)14-24(33)29(18,6)25(20)26(34)27(30(21,22)7)35-17(3)31/h8,15-16,19-25,27,32-33H,9-14H2,1-7H3/t15-,16-,19+,20-,21+,22-,23-,24+,25+,27+,29+,30+/m0/s1. The zero-order valence-corrected chi connectivity index (χ0v) is 23.1. The molecule has 0 aromatic carbocycles. The van der Waals surface area contributed by atoms with Crippen molar-refractivity contribution in [2.45, 2.75) is 117 Å².